The van der Waals surface area contributed by atoms with Gasteiger partial charge in [0, 0.05) is 23.5 Å². The number of hydrogen-bond acceptors (Lipinski definition) is 8. The van der Waals surface area contributed by atoms with Crippen LogP contribution in [-0.4, -0.2) is 67.1 Å². The lowest BCUT2D eigenvalue weighted by Gasteiger charge is -2.16. The highest BCUT2D eigenvalue weighted by Crippen LogP contribution is 2.33. The van der Waals surface area contributed by atoms with Crippen LogP contribution in [0.4, 0.5) is 5.69 Å². The Balaban J connectivity index is 1.82. The zero-order valence-electron chi connectivity index (χ0n) is 21.0. The third kappa shape index (κ3) is 5.31. The van der Waals surface area contributed by atoms with Crippen molar-refractivity contribution in [1.82, 2.24) is 9.45 Å². The summed E-state index contributed by atoms with van der Waals surface area (Å²) >= 11 is 0. The number of aromatic nitrogens is 1. The van der Waals surface area contributed by atoms with Crippen LogP contribution in [0, 0.1) is 6.92 Å². The van der Waals surface area contributed by atoms with Crippen molar-refractivity contribution >= 4 is 38.3 Å². The summed E-state index contributed by atoms with van der Waals surface area (Å²) in [6.45, 7) is 1.30. The Labute approximate surface area is 219 Å². The van der Waals surface area contributed by atoms with Gasteiger partial charge in [-0.2, -0.15) is 0 Å². The molecule has 3 N–H and O–H groups in total. The number of aromatic hydroxyl groups is 1. The highest BCUT2D eigenvalue weighted by atomic mass is 32.2. The van der Waals surface area contributed by atoms with E-state index in [0.717, 1.165) is 0 Å². The van der Waals surface area contributed by atoms with Crippen LogP contribution in [0.5, 0.6) is 5.88 Å². The van der Waals surface area contributed by atoms with Crippen LogP contribution in [0.2, 0.25) is 0 Å². The van der Waals surface area contributed by atoms with Gasteiger partial charge in [0.1, 0.15) is 0 Å². The molecule has 0 saturated carbocycles. The average molecular weight is 538 g/mol. The van der Waals surface area contributed by atoms with E-state index in [1.54, 1.807) is 31.2 Å². The molecule has 0 bridgehead atoms. The second-order valence-electron chi connectivity index (χ2n) is 8.34. The summed E-state index contributed by atoms with van der Waals surface area (Å²) in [5, 5.41) is 20.5. The molecule has 0 unspecified atom stereocenters. The van der Waals surface area contributed by atoms with Gasteiger partial charge < -0.3 is 19.9 Å². The zero-order chi connectivity index (χ0) is 27.4. The van der Waals surface area contributed by atoms with Gasteiger partial charge in [-0.15, -0.1) is 0 Å². The lowest BCUT2D eigenvalue weighted by molar-refractivity contribution is -0.0770. The number of carbonyl (C=O) groups excluding carboxylic acids is 1. The first-order valence-corrected chi connectivity index (χ1v) is 13.0. The van der Waals surface area contributed by atoms with E-state index in [9.17, 15) is 18.3 Å². The van der Waals surface area contributed by atoms with Crippen LogP contribution in [0.1, 0.15) is 27.0 Å². The van der Waals surface area contributed by atoms with Gasteiger partial charge in [0.25, 0.3) is 10.0 Å². The molecule has 0 aliphatic carbocycles. The number of rotatable bonds is 9. The standard InChI is InChI=1S/C27H27N3O7S/c1-17-15-22-23(16-21(17)27(33)36-3)29-26(32)24(22)25(18-7-5-4-6-8-18)28-19-9-11-20(12-10-19)38(34,35)30(2)37-14-13-31/h4-12,15-16,29,31-32H,13-14H2,1-3H3. The summed E-state index contributed by atoms with van der Waals surface area (Å²) < 4.78 is 31.0. The van der Waals surface area contributed by atoms with E-state index in [1.165, 1.54) is 26.3 Å². The highest BCUT2D eigenvalue weighted by molar-refractivity contribution is 7.89. The molecule has 0 fully saturated rings. The lowest BCUT2D eigenvalue weighted by atomic mass is 9.98. The molecule has 0 atom stereocenters. The van der Waals surface area contributed by atoms with Crippen LogP contribution >= 0.6 is 0 Å². The smallest absolute Gasteiger partial charge is 0.338 e. The number of aryl methyl sites for hydroxylation is 1. The number of carbonyl (C=O) groups is 1. The monoisotopic (exact) mass is 537 g/mol. The Bertz CT molecular complexity index is 1600. The number of ether oxygens (including phenoxy) is 1. The summed E-state index contributed by atoms with van der Waals surface area (Å²) in [5.41, 5.74) is 3.60. The molecular formula is C27H27N3O7S. The Kier molecular flexibility index (Phi) is 7.93. The first-order chi connectivity index (χ1) is 18.2. The van der Waals surface area contributed by atoms with Gasteiger partial charge in [-0.25, -0.2) is 18.2 Å². The highest BCUT2D eigenvalue weighted by Gasteiger charge is 2.23. The number of aliphatic imine (C=N–C) groups is 1. The number of sulfonamides is 1. The molecule has 0 aliphatic heterocycles. The van der Waals surface area contributed by atoms with Crippen molar-refractivity contribution < 1.29 is 33.0 Å². The van der Waals surface area contributed by atoms with Crippen molar-refractivity contribution in [3.63, 3.8) is 0 Å². The van der Waals surface area contributed by atoms with Gasteiger partial charge in [0.05, 0.1) is 47.7 Å². The summed E-state index contributed by atoms with van der Waals surface area (Å²) in [6.07, 6.45) is 0. The molecule has 0 amide bonds. The first-order valence-electron chi connectivity index (χ1n) is 11.6. The van der Waals surface area contributed by atoms with Crippen LogP contribution in [0.3, 0.4) is 0 Å². The molecule has 3 aromatic carbocycles. The van der Waals surface area contributed by atoms with E-state index in [-0.39, 0.29) is 24.0 Å². The molecule has 4 aromatic rings. The average Bonchev–Trinajstić information content (AvgIpc) is 3.24. The predicted molar refractivity (Wildman–Crippen MR) is 142 cm³/mol. The lowest BCUT2D eigenvalue weighted by Crippen LogP contribution is -2.28. The van der Waals surface area contributed by atoms with Crippen molar-refractivity contribution in [1.29, 1.82) is 0 Å². The van der Waals surface area contributed by atoms with E-state index in [2.05, 4.69) is 4.98 Å². The molecule has 1 aromatic heterocycles. The Morgan fingerprint density at radius 1 is 1.08 bits per heavy atom. The summed E-state index contributed by atoms with van der Waals surface area (Å²) in [4.78, 5) is 24.9. The van der Waals surface area contributed by atoms with Crippen LogP contribution in [-0.2, 0) is 19.6 Å². The quantitative estimate of drug-likeness (QED) is 0.168. The Morgan fingerprint density at radius 3 is 2.39 bits per heavy atom. The normalized spacial score (nSPS) is 12.3. The van der Waals surface area contributed by atoms with Crippen molar-refractivity contribution in [3.05, 3.63) is 89.0 Å². The fourth-order valence-corrected chi connectivity index (χ4v) is 4.97. The molecule has 198 valence electrons. The summed E-state index contributed by atoms with van der Waals surface area (Å²) in [6, 6.07) is 18.5. The molecule has 0 spiro atoms. The second kappa shape index (κ2) is 11.2. The maximum absolute atomic E-state index is 12.7. The summed E-state index contributed by atoms with van der Waals surface area (Å²) in [5.74, 6) is -0.620. The molecule has 11 heteroatoms. The van der Waals surface area contributed by atoms with Crippen molar-refractivity contribution in [2.45, 2.75) is 11.8 Å². The number of aromatic amines is 1. The van der Waals surface area contributed by atoms with Gasteiger partial charge >= 0.3 is 5.97 Å². The maximum atomic E-state index is 12.7. The van der Waals surface area contributed by atoms with E-state index in [0.29, 0.717) is 49.0 Å². The van der Waals surface area contributed by atoms with Crippen LogP contribution in [0.25, 0.3) is 10.9 Å². The number of hydrogen-bond donors (Lipinski definition) is 3. The maximum Gasteiger partial charge on any atom is 0.338 e. The number of aliphatic hydroxyl groups excluding tert-OH is 1. The number of nitrogens with zero attached hydrogens (tertiary/aromatic N) is 2. The molecule has 1 heterocycles. The van der Waals surface area contributed by atoms with Crippen LogP contribution in [0.15, 0.2) is 76.6 Å². The van der Waals surface area contributed by atoms with Crippen molar-refractivity contribution in [2.75, 3.05) is 27.4 Å². The largest absolute Gasteiger partial charge is 0.494 e. The SMILES string of the molecule is COC(=O)c1cc2[nH]c(O)c(C(=Nc3ccc(S(=O)(=O)N(C)OCCO)cc3)c3ccccc3)c2cc1C. The van der Waals surface area contributed by atoms with Gasteiger partial charge in [0.15, 0.2) is 5.88 Å². The first kappa shape index (κ1) is 27.0. The molecule has 0 saturated heterocycles. The second-order valence-corrected chi connectivity index (χ2v) is 10.3. The number of H-pyrrole nitrogens is 1. The van der Waals surface area contributed by atoms with E-state index in [1.807, 2.05) is 30.3 Å². The number of fused-ring (bicyclic) bond motifs is 1. The number of hydroxylamine groups is 1. The third-order valence-electron chi connectivity index (χ3n) is 5.89. The third-order valence-corrected chi connectivity index (χ3v) is 7.54. The fourth-order valence-electron chi connectivity index (χ4n) is 3.98. The van der Waals surface area contributed by atoms with E-state index in [4.69, 9.17) is 19.7 Å². The van der Waals surface area contributed by atoms with Crippen molar-refractivity contribution in [3.8, 4) is 5.88 Å². The molecular weight excluding hydrogens is 510 g/mol. The number of esters is 1. The van der Waals surface area contributed by atoms with Crippen molar-refractivity contribution in [2.24, 2.45) is 4.99 Å². The predicted octanol–water partition coefficient (Wildman–Crippen LogP) is 3.68. The molecule has 0 radical (unpaired) electrons. The Morgan fingerprint density at radius 2 is 1.76 bits per heavy atom. The Hall–Kier alpha value is -4.03. The minimum absolute atomic E-state index is 0.0148. The summed E-state index contributed by atoms with van der Waals surface area (Å²) in [7, 11) is -1.38. The number of nitrogens with one attached hydrogen (secondary N) is 1. The fraction of sp³-hybridized carbons (Fsp3) is 0.185. The topological polar surface area (TPSA) is 142 Å². The van der Waals surface area contributed by atoms with Crippen LogP contribution < -0.4 is 0 Å². The molecule has 10 nitrogen and oxygen atoms in total. The zero-order valence-corrected chi connectivity index (χ0v) is 21.8. The number of benzene rings is 3. The number of methoxy groups -OCH3 is 1. The number of aliphatic hydroxyl groups is 1. The van der Waals surface area contributed by atoms with Gasteiger partial charge in [-0.3, -0.25) is 4.84 Å². The molecule has 38 heavy (non-hydrogen) atoms. The molecule has 0 aliphatic rings. The van der Waals surface area contributed by atoms with E-state index >= 15 is 0 Å². The minimum atomic E-state index is -3.94. The minimum Gasteiger partial charge on any atom is -0.494 e. The molecule has 4 rings (SSSR count). The van der Waals surface area contributed by atoms with Gasteiger partial charge in [0.2, 0.25) is 0 Å². The van der Waals surface area contributed by atoms with Gasteiger partial charge in [-0.05, 0) is 48.9 Å². The van der Waals surface area contributed by atoms with Gasteiger partial charge in [-0.1, -0.05) is 34.8 Å². The van der Waals surface area contributed by atoms with E-state index < -0.39 is 16.0 Å².